The van der Waals surface area contributed by atoms with Crippen molar-refractivity contribution in [2.75, 3.05) is 30.8 Å². The van der Waals surface area contributed by atoms with Gasteiger partial charge in [-0.05, 0) is 32.0 Å². The smallest absolute Gasteiger partial charge is 0.337 e. The van der Waals surface area contributed by atoms with Crippen LogP contribution in [0.4, 0.5) is 11.4 Å². The number of nitrogen functional groups attached to an aromatic ring is 1. The standard InChI is InChI=1S/C14H19N3O3/c1-14(2)13(20)16(3)6-7-17(14)11-5-4-9(15)8-10(11)12(18)19/h4-5,8H,6-7,15H2,1-3H3,(H,18,19). The Labute approximate surface area is 117 Å². The molecule has 6 heteroatoms. The molecule has 0 aliphatic carbocycles. The molecule has 20 heavy (non-hydrogen) atoms. The van der Waals surface area contributed by atoms with Crippen LogP contribution >= 0.6 is 0 Å². The van der Waals surface area contributed by atoms with Crippen molar-refractivity contribution in [2.45, 2.75) is 19.4 Å². The summed E-state index contributed by atoms with van der Waals surface area (Å²) in [7, 11) is 1.75. The molecule has 1 aromatic carbocycles. The highest BCUT2D eigenvalue weighted by Crippen LogP contribution is 2.32. The predicted octanol–water partition coefficient (Wildman–Crippen LogP) is 1.02. The van der Waals surface area contributed by atoms with Crippen LogP contribution in [0.25, 0.3) is 0 Å². The molecule has 1 fully saturated rings. The summed E-state index contributed by atoms with van der Waals surface area (Å²) in [4.78, 5) is 27.2. The Hall–Kier alpha value is -2.24. The van der Waals surface area contributed by atoms with Crippen LogP contribution in [0.3, 0.4) is 0 Å². The Morgan fingerprint density at radius 3 is 2.60 bits per heavy atom. The maximum absolute atomic E-state index is 12.3. The molecule has 1 saturated heterocycles. The van der Waals surface area contributed by atoms with E-state index in [-0.39, 0.29) is 11.5 Å². The van der Waals surface area contributed by atoms with Crippen molar-refractivity contribution in [3.63, 3.8) is 0 Å². The van der Waals surface area contributed by atoms with Gasteiger partial charge in [0.25, 0.3) is 0 Å². The number of amides is 1. The molecule has 0 radical (unpaired) electrons. The molecule has 1 aromatic rings. The van der Waals surface area contributed by atoms with Crippen molar-refractivity contribution in [2.24, 2.45) is 0 Å². The number of piperazine rings is 1. The molecule has 1 amide bonds. The molecule has 1 aliphatic heterocycles. The Morgan fingerprint density at radius 1 is 1.35 bits per heavy atom. The van der Waals surface area contributed by atoms with Gasteiger partial charge in [-0.3, -0.25) is 4.79 Å². The van der Waals surface area contributed by atoms with Gasteiger partial charge in [-0.15, -0.1) is 0 Å². The van der Waals surface area contributed by atoms with E-state index < -0.39 is 11.5 Å². The molecule has 108 valence electrons. The van der Waals surface area contributed by atoms with E-state index in [0.29, 0.717) is 24.5 Å². The number of likely N-dealkylation sites (N-methyl/N-ethyl adjacent to an activating group) is 1. The molecular weight excluding hydrogens is 258 g/mol. The van der Waals surface area contributed by atoms with Gasteiger partial charge in [0, 0.05) is 25.8 Å². The van der Waals surface area contributed by atoms with Gasteiger partial charge in [0.2, 0.25) is 5.91 Å². The van der Waals surface area contributed by atoms with Gasteiger partial charge in [-0.1, -0.05) is 0 Å². The zero-order valence-corrected chi connectivity index (χ0v) is 11.9. The summed E-state index contributed by atoms with van der Waals surface area (Å²) in [5.74, 6) is -1.08. The molecule has 0 bridgehead atoms. The summed E-state index contributed by atoms with van der Waals surface area (Å²) in [5, 5.41) is 9.33. The minimum absolute atomic E-state index is 0.0306. The lowest BCUT2D eigenvalue weighted by molar-refractivity contribution is -0.136. The van der Waals surface area contributed by atoms with Crippen LogP contribution in [0.5, 0.6) is 0 Å². The SMILES string of the molecule is CN1CCN(c2ccc(N)cc2C(=O)O)C(C)(C)C1=O. The van der Waals surface area contributed by atoms with E-state index in [0.717, 1.165) is 0 Å². The summed E-state index contributed by atoms with van der Waals surface area (Å²) in [6.07, 6.45) is 0. The average molecular weight is 277 g/mol. The fraction of sp³-hybridized carbons (Fsp3) is 0.429. The number of benzene rings is 1. The summed E-state index contributed by atoms with van der Waals surface area (Å²) >= 11 is 0. The molecule has 3 N–H and O–H groups in total. The quantitative estimate of drug-likeness (QED) is 0.788. The topological polar surface area (TPSA) is 86.9 Å². The molecule has 2 rings (SSSR count). The third kappa shape index (κ3) is 2.17. The Morgan fingerprint density at radius 2 is 2.00 bits per heavy atom. The first-order valence-electron chi connectivity index (χ1n) is 6.41. The number of carbonyl (C=O) groups is 2. The summed E-state index contributed by atoms with van der Waals surface area (Å²) in [6.45, 7) is 4.74. The lowest BCUT2D eigenvalue weighted by atomic mass is 9.95. The molecular formula is C14H19N3O3. The summed E-state index contributed by atoms with van der Waals surface area (Å²) < 4.78 is 0. The fourth-order valence-electron chi connectivity index (χ4n) is 2.60. The first-order chi connectivity index (χ1) is 9.25. The lowest BCUT2D eigenvalue weighted by Crippen LogP contribution is -2.62. The highest BCUT2D eigenvalue weighted by Gasteiger charge is 2.41. The van der Waals surface area contributed by atoms with Crippen molar-refractivity contribution in [3.05, 3.63) is 23.8 Å². The van der Waals surface area contributed by atoms with Crippen LogP contribution in [-0.4, -0.2) is 47.6 Å². The van der Waals surface area contributed by atoms with Crippen molar-refractivity contribution < 1.29 is 14.7 Å². The first-order valence-corrected chi connectivity index (χ1v) is 6.41. The fourth-order valence-corrected chi connectivity index (χ4v) is 2.60. The maximum Gasteiger partial charge on any atom is 0.337 e. The van der Waals surface area contributed by atoms with Crippen LogP contribution in [-0.2, 0) is 4.79 Å². The van der Waals surface area contributed by atoms with Crippen LogP contribution in [0.15, 0.2) is 18.2 Å². The average Bonchev–Trinajstić information content (AvgIpc) is 2.37. The Kier molecular flexibility index (Phi) is 3.33. The first kappa shape index (κ1) is 14.2. The van der Waals surface area contributed by atoms with Crippen LogP contribution in [0.2, 0.25) is 0 Å². The third-order valence-electron chi connectivity index (χ3n) is 3.75. The second-order valence-corrected chi connectivity index (χ2v) is 5.52. The number of rotatable bonds is 2. The molecule has 0 spiro atoms. The second kappa shape index (κ2) is 4.70. The monoisotopic (exact) mass is 277 g/mol. The minimum atomic E-state index is -1.05. The number of anilines is 2. The van der Waals surface area contributed by atoms with Gasteiger partial charge >= 0.3 is 5.97 Å². The number of hydrogen-bond donors (Lipinski definition) is 2. The van der Waals surface area contributed by atoms with Gasteiger partial charge in [0.05, 0.1) is 11.3 Å². The highest BCUT2D eigenvalue weighted by atomic mass is 16.4. The third-order valence-corrected chi connectivity index (χ3v) is 3.75. The van der Waals surface area contributed by atoms with E-state index in [4.69, 9.17) is 5.73 Å². The molecule has 1 heterocycles. The zero-order valence-electron chi connectivity index (χ0n) is 11.9. The highest BCUT2D eigenvalue weighted by molar-refractivity contribution is 5.98. The summed E-state index contributed by atoms with van der Waals surface area (Å²) in [5.41, 5.74) is 5.91. The van der Waals surface area contributed by atoms with Crippen molar-refractivity contribution >= 4 is 23.3 Å². The lowest BCUT2D eigenvalue weighted by Gasteiger charge is -2.46. The largest absolute Gasteiger partial charge is 0.478 e. The Balaban J connectivity index is 2.51. The maximum atomic E-state index is 12.3. The van der Waals surface area contributed by atoms with E-state index in [1.54, 1.807) is 37.9 Å². The normalized spacial score (nSPS) is 18.2. The minimum Gasteiger partial charge on any atom is -0.478 e. The molecule has 0 unspecified atom stereocenters. The van der Waals surface area contributed by atoms with Gasteiger partial charge in [0.15, 0.2) is 0 Å². The van der Waals surface area contributed by atoms with Crippen LogP contribution in [0.1, 0.15) is 24.2 Å². The van der Waals surface area contributed by atoms with E-state index in [2.05, 4.69) is 0 Å². The van der Waals surface area contributed by atoms with Crippen LogP contribution in [0, 0.1) is 0 Å². The second-order valence-electron chi connectivity index (χ2n) is 5.52. The number of carbonyl (C=O) groups excluding carboxylic acids is 1. The Bertz CT molecular complexity index is 569. The molecule has 0 atom stereocenters. The number of carboxylic acid groups (broad SMARTS) is 1. The van der Waals surface area contributed by atoms with E-state index >= 15 is 0 Å². The number of carboxylic acids is 1. The number of nitrogens with zero attached hydrogens (tertiary/aromatic N) is 2. The number of aromatic carboxylic acids is 1. The number of hydrogen-bond acceptors (Lipinski definition) is 4. The van der Waals surface area contributed by atoms with Crippen molar-refractivity contribution in [1.82, 2.24) is 4.90 Å². The molecule has 0 saturated carbocycles. The predicted molar refractivity (Wildman–Crippen MR) is 76.9 cm³/mol. The van der Waals surface area contributed by atoms with Crippen LogP contribution < -0.4 is 10.6 Å². The van der Waals surface area contributed by atoms with E-state index in [9.17, 15) is 14.7 Å². The molecule has 6 nitrogen and oxygen atoms in total. The molecule has 1 aliphatic rings. The van der Waals surface area contributed by atoms with Crippen molar-refractivity contribution in [1.29, 1.82) is 0 Å². The van der Waals surface area contributed by atoms with Gasteiger partial charge in [-0.25, -0.2) is 4.79 Å². The number of nitrogens with two attached hydrogens (primary N) is 1. The van der Waals surface area contributed by atoms with Gasteiger partial charge < -0.3 is 20.6 Å². The van der Waals surface area contributed by atoms with Gasteiger partial charge in [-0.2, -0.15) is 0 Å². The van der Waals surface area contributed by atoms with Gasteiger partial charge in [0.1, 0.15) is 5.54 Å². The van der Waals surface area contributed by atoms with E-state index in [1.807, 2.05) is 4.90 Å². The zero-order chi connectivity index (χ0) is 15.1. The van der Waals surface area contributed by atoms with Crippen molar-refractivity contribution in [3.8, 4) is 0 Å². The summed E-state index contributed by atoms with van der Waals surface area (Å²) in [6, 6.07) is 4.75. The molecule has 0 aromatic heterocycles. The van der Waals surface area contributed by atoms with E-state index in [1.165, 1.54) is 6.07 Å².